The van der Waals surface area contributed by atoms with Gasteiger partial charge in [-0.2, -0.15) is 0 Å². The predicted molar refractivity (Wildman–Crippen MR) is 54.9 cm³/mol. The molecule has 1 aliphatic rings. The van der Waals surface area contributed by atoms with E-state index in [9.17, 15) is 4.79 Å². The quantitative estimate of drug-likeness (QED) is 0.475. The number of rotatable bonds is 3. The summed E-state index contributed by atoms with van der Waals surface area (Å²) in [5.41, 5.74) is 2.63. The second kappa shape index (κ2) is 3.82. The Morgan fingerprint density at radius 1 is 1.60 bits per heavy atom. The summed E-state index contributed by atoms with van der Waals surface area (Å²) in [5, 5.41) is 2.86. The number of amides is 1. The third kappa shape index (κ3) is 2.21. The zero-order valence-electron chi connectivity index (χ0n) is 8.40. The molecule has 2 unspecified atom stereocenters. The molecule has 1 amide bonds. The summed E-state index contributed by atoms with van der Waals surface area (Å²) in [6, 6.07) is 0.286. The van der Waals surface area contributed by atoms with Gasteiger partial charge in [-0.05, 0) is 12.3 Å². The maximum absolute atomic E-state index is 11.6. The van der Waals surface area contributed by atoms with Crippen LogP contribution in [0.2, 0.25) is 0 Å². The van der Waals surface area contributed by atoms with Gasteiger partial charge in [0.25, 0.3) is 5.91 Å². The van der Waals surface area contributed by atoms with Crippen molar-refractivity contribution >= 4 is 11.7 Å². The van der Waals surface area contributed by atoms with Crippen LogP contribution in [0.1, 0.15) is 23.8 Å². The van der Waals surface area contributed by atoms with Gasteiger partial charge in [0.15, 0.2) is 5.82 Å². The molecular formula is C9H13N5O. The molecule has 0 bridgehead atoms. The van der Waals surface area contributed by atoms with Gasteiger partial charge < -0.3 is 10.7 Å². The summed E-state index contributed by atoms with van der Waals surface area (Å²) >= 11 is 0. The van der Waals surface area contributed by atoms with Crippen LogP contribution in [-0.2, 0) is 0 Å². The van der Waals surface area contributed by atoms with Gasteiger partial charge in [-0.1, -0.05) is 6.92 Å². The Labute approximate surface area is 87.3 Å². The highest BCUT2D eigenvalue weighted by Gasteiger charge is 2.34. The Bertz CT molecular complexity index is 381. The average molecular weight is 207 g/mol. The van der Waals surface area contributed by atoms with Crippen molar-refractivity contribution in [2.24, 2.45) is 11.8 Å². The van der Waals surface area contributed by atoms with Crippen LogP contribution in [0.3, 0.4) is 0 Å². The molecule has 0 aromatic carbocycles. The molecule has 6 nitrogen and oxygen atoms in total. The fourth-order valence-electron chi connectivity index (χ4n) is 1.31. The molecule has 0 aliphatic heterocycles. The summed E-state index contributed by atoms with van der Waals surface area (Å²) in [7, 11) is 0. The minimum atomic E-state index is -0.200. The van der Waals surface area contributed by atoms with E-state index in [0.717, 1.165) is 6.42 Å². The number of hydrogen-bond donors (Lipinski definition) is 3. The lowest BCUT2D eigenvalue weighted by molar-refractivity contribution is 0.0944. The van der Waals surface area contributed by atoms with Gasteiger partial charge >= 0.3 is 0 Å². The minimum absolute atomic E-state index is 0.200. The molecule has 2 rings (SSSR count). The molecule has 0 saturated heterocycles. The fraction of sp³-hybridized carbons (Fsp3) is 0.444. The molecule has 6 heteroatoms. The van der Waals surface area contributed by atoms with Crippen molar-refractivity contribution in [1.29, 1.82) is 0 Å². The molecule has 15 heavy (non-hydrogen) atoms. The third-order valence-corrected chi connectivity index (χ3v) is 2.44. The maximum Gasteiger partial charge on any atom is 0.271 e. The molecular weight excluding hydrogens is 194 g/mol. The molecule has 4 N–H and O–H groups in total. The van der Waals surface area contributed by atoms with E-state index in [2.05, 4.69) is 27.6 Å². The van der Waals surface area contributed by atoms with E-state index >= 15 is 0 Å². The Balaban J connectivity index is 2.04. The number of aromatic nitrogens is 2. The summed E-state index contributed by atoms with van der Waals surface area (Å²) in [6.45, 7) is 2.09. The largest absolute Gasteiger partial charge is 0.348 e. The maximum atomic E-state index is 11.6. The topological polar surface area (TPSA) is 92.9 Å². The van der Waals surface area contributed by atoms with Gasteiger partial charge in [0.05, 0.1) is 12.4 Å². The Hall–Kier alpha value is -1.69. The van der Waals surface area contributed by atoms with Crippen LogP contribution in [0.4, 0.5) is 5.82 Å². The molecule has 1 aliphatic carbocycles. The second-order valence-corrected chi connectivity index (χ2v) is 3.73. The van der Waals surface area contributed by atoms with Gasteiger partial charge in [-0.3, -0.25) is 9.78 Å². The number of nitrogens with zero attached hydrogens (tertiary/aromatic N) is 2. The number of carbonyl (C=O) groups excluding carboxylic acids is 1. The van der Waals surface area contributed by atoms with Crippen molar-refractivity contribution in [1.82, 2.24) is 15.3 Å². The molecule has 2 atom stereocenters. The smallest absolute Gasteiger partial charge is 0.271 e. The van der Waals surface area contributed by atoms with Crippen molar-refractivity contribution in [3.8, 4) is 0 Å². The van der Waals surface area contributed by atoms with Crippen LogP contribution < -0.4 is 16.6 Å². The van der Waals surface area contributed by atoms with Crippen molar-refractivity contribution < 1.29 is 4.79 Å². The van der Waals surface area contributed by atoms with Crippen molar-refractivity contribution in [3.05, 3.63) is 18.1 Å². The summed E-state index contributed by atoms with van der Waals surface area (Å²) in [6.07, 6.45) is 3.91. The first-order valence-corrected chi connectivity index (χ1v) is 4.80. The van der Waals surface area contributed by atoms with Crippen molar-refractivity contribution in [2.75, 3.05) is 5.43 Å². The highest BCUT2D eigenvalue weighted by atomic mass is 16.2. The van der Waals surface area contributed by atoms with Gasteiger partial charge in [0.2, 0.25) is 0 Å². The standard InChI is InChI=1S/C9H13N5O/c1-5-2-6(5)13-9(15)7-3-11-4-8(12-7)14-10/h3-6H,2,10H2,1H3,(H,12,14)(H,13,15). The highest BCUT2D eigenvalue weighted by Crippen LogP contribution is 2.29. The lowest BCUT2D eigenvalue weighted by Gasteiger charge is -2.04. The second-order valence-electron chi connectivity index (χ2n) is 3.73. The van der Waals surface area contributed by atoms with Crippen LogP contribution in [0.15, 0.2) is 12.4 Å². The van der Waals surface area contributed by atoms with E-state index in [1.54, 1.807) is 0 Å². The van der Waals surface area contributed by atoms with E-state index in [-0.39, 0.29) is 17.6 Å². The van der Waals surface area contributed by atoms with Crippen LogP contribution in [0, 0.1) is 5.92 Å². The van der Waals surface area contributed by atoms with E-state index in [1.807, 2.05) is 0 Å². The van der Waals surface area contributed by atoms with Gasteiger partial charge in [-0.25, -0.2) is 10.8 Å². The molecule has 0 spiro atoms. The Morgan fingerprint density at radius 3 is 2.93 bits per heavy atom. The predicted octanol–water partition coefficient (Wildman–Crippen LogP) is -0.0996. The van der Waals surface area contributed by atoms with Crippen LogP contribution >= 0.6 is 0 Å². The zero-order valence-corrected chi connectivity index (χ0v) is 8.40. The van der Waals surface area contributed by atoms with E-state index < -0.39 is 0 Å². The minimum Gasteiger partial charge on any atom is -0.348 e. The summed E-state index contributed by atoms with van der Waals surface area (Å²) in [4.78, 5) is 19.5. The molecule has 0 radical (unpaired) electrons. The zero-order chi connectivity index (χ0) is 10.8. The van der Waals surface area contributed by atoms with Crippen LogP contribution in [-0.4, -0.2) is 21.9 Å². The normalized spacial score (nSPS) is 23.3. The molecule has 1 aromatic heterocycles. The average Bonchev–Trinajstić information content (AvgIpc) is 2.94. The third-order valence-electron chi connectivity index (χ3n) is 2.44. The molecule has 1 saturated carbocycles. The van der Waals surface area contributed by atoms with Crippen molar-refractivity contribution in [2.45, 2.75) is 19.4 Å². The monoisotopic (exact) mass is 207 g/mol. The van der Waals surface area contributed by atoms with Gasteiger partial charge in [-0.15, -0.1) is 0 Å². The molecule has 1 heterocycles. The highest BCUT2D eigenvalue weighted by molar-refractivity contribution is 5.92. The first kappa shape index (κ1) is 9.85. The van der Waals surface area contributed by atoms with Gasteiger partial charge in [0, 0.05) is 6.04 Å². The lowest BCUT2D eigenvalue weighted by atomic mass is 10.4. The first-order chi connectivity index (χ1) is 7.20. The number of carbonyl (C=O) groups is 1. The van der Waals surface area contributed by atoms with Crippen molar-refractivity contribution in [3.63, 3.8) is 0 Å². The summed E-state index contributed by atoms with van der Waals surface area (Å²) in [5.74, 6) is 5.92. The van der Waals surface area contributed by atoms with E-state index in [0.29, 0.717) is 11.7 Å². The number of anilines is 1. The molecule has 80 valence electrons. The number of hydrazine groups is 1. The molecule has 1 fully saturated rings. The first-order valence-electron chi connectivity index (χ1n) is 4.80. The lowest BCUT2D eigenvalue weighted by Crippen LogP contribution is -2.27. The van der Waals surface area contributed by atoms with Crippen LogP contribution in [0.5, 0.6) is 0 Å². The summed E-state index contributed by atoms with van der Waals surface area (Å²) < 4.78 is 0. The Morgan fingerprint density at radius 2 is 2.33 bits per heavy atom. The van der Waals surface area contributed by atoms with Crippen LogP contribution in [0.25, 0.3) is 0 Å². The molecule has 1 aromatic rings. The van der Waals surface area contributed by atoms with E-state index in [1.165, 1.54) is 12.4 Å². The Kier molecular flexibility index (Phi) is 2.51. The van der Waals surface area contributed by atoms with E-state index in [4.69, 9.17) is 5.84 Å². The number of nitrogen functional groups attached to an aromatic ring is 1. The van der Waals surface area contributed by atoms with Gasteiger partial charge in [0.1, 0.15) is 5.69 Å². The number of hydrogen-bond acceptors (Lipinski definition) is 5. The fourth-order valence-corrected chi connectivity index (χ4v) is 1.31. The SMILES string of the molecule is CC1CC1NC(=O)c1cncc(NN)n1. The number of nitrogens with two attached hydrogens (primary N) is 1. The number of nitrogens with one attached hydrogen (secondary N) is 2.